The number of amides is 1. The van der Waals surface area contributed by atoms with E-state index in [4.69, 9.17) is 0 Å². The minimum Gasteiger partial charge on any atom is -0.338 e. The Labute approximate surface area is 134 Å². The highest BCUT2D eigenvalue weighted by atomic mass is 16.2. The molecule has 1 heterocycles. The number of carbonyl (C=O) groups excluding carboxylic acids is 1. The zero-order valence-electron chi connectivity index (χ0n) is 14.2. The molecule has 122 valence electrons. The van der Waals surface area contributed by atoms with E-state index in [2.05, 4.69) is 41.1 Å². The van der Waals surface area contributed by atoms with Crippen LogP contribution in [0, 0.1) is 0 Å². The van der Waals surface area contributed by atoms with Gasteiger partial charge in [0.25, 0.3) is 0 Å². The molecular weight excluding hydrogens is 274 g/mol. The van der Waals surface area contributed by atoms with Gasteiger partial charge in [-0.05, 0) is 59.1 Å². The number of piperidine rings is 1. The Morgan fingerprint density at radius 1 is 1.18 bits per heavy atom. The normalized spacial score (nSPS) is 16.9. The molecule has 1 aromatic rings. The summed E-state index contributed by atoms with van der Waals surface area (Å²) in [5, 5.41) is 0. The fourth-order valence-electron chi connectivity index (χ4n) is 3.07. The molecule has 0 atom stereocenters. The molecule has 1 aromatic carbocycles. The van der Waals surface area contributed by atoms with Crippen molar-refractivity contribution >= 4 is 5.91 Å². The van der Waals surface area contributed by atoms with Crippen molar-refractivity contribution in [1.82, 2.24) is 14.7 Å². The molecule has 0 spiro atoms. The number of hydrogen-bond donors (Lipinski definition) is 0. The fourth-order valence-corrected chi connectivity index (χ4v) is 3.07. The van der Waals surface area contributed by atoms with Gasteiger partial charge in [-0.15, -0.1) is 0 Å². The lowest BCUT2D eigenvalue weighted by Gasteiger charge is -2.38. The topological polar surface area (TPSA) is 26.8 Å². The molecule has 22 heavy (non-hydrogen) atoms. The summed E-state index contributed by atoms with van der Waals surface area (Å²) in [5.41, 5.74) is 1.30. The number of carbonyl (C=O) groups is 1. The smallest absolute Gasteiger partial charge is 0.236 e. The summed E-state index contributed by atoms with van der Waals surface area (Å²) < 4.78 is 0. The zero-order chi connectivity index (χ0) is 15.9. The lowest BCUT2D eigenvalue weighted by molar-refractivity contribution is -0.135. The van der Waals surface area contributed by atoms with Crippen molar-refractivity contribution in [1.29, 1.82) is 0 Å². The van der Waals surface area contributed by atoms with E-state index in [1.807, 2.05) is 25.1 Å². The van der Waals surface area contributed by atoms with Gasteiger partial charge in [0.1, 0.15) is 0 Å². The third-order valence-corrected chi connectivity index (χ3v) is 4.38. The Morgan fingerprint density at radius 2 is 1.82 bits per heavy atom. The maximum Gasteiger partial charge on any atom is 0.236 e. The van der Waals surface area contributed by atoms with Crippen molar-refractivity contribution in [3.05, 3.63) is 35.9 Å². The largest absolute Gasteiger partial charge is 0.338 e. The van der Waals surface area contributed by atoms with Gasteiger partial charge in [0, 0.05) is 12.6 Å². The van der Waals surface area contributed by atoms with Crippen molar-refractivity contribution in [3.63, 3.8) is 0 Å². The molecule has 1 aliphatic heterocycles. The molecule has 0 bridgehead atoms. The predicted octanol–water partition coefficient (Wildman–Crippen LogP) is 1.71. The third kappa shape index (κ3) is 5.11. The first-order chi connectivity index (χ1) is 10.6. The predicted molar refractivity (Wildman–Crippen MR) is 90.9 cm³/mol. The standard InChI is InChI=1S/C18H29N3O/c1-19(2)15-18(22)21(17-10-12-20(3)13-11-17)14-9-16-7-5-4-6-8-16/h4-8,17H,9-15H2,1-3H3. The van der Waals surface area contributed by atoms with Gasteiger partial charge in [0.05, 0.1) is 6.54 Å². The summed E-state index contributed by atoms with van der Waals surface area (Å²) >= 11 is 0. The van der Waals surface area contributed by atoms with Crippen LogP contribution in [0.2, 0.25) is 0 Å². The first-order valence-electron chi connectivity index (χ1n) is 8.23. The summed E-state index contributed by atoms with van der Waals surface area (Å²) in [4.78, 5) is 19.1. The molecule has 1 fully saturated rings. The number of likely N-dealkylation sites (N-methyl/N-ethyl adjacent to an activating group) is 1. The monoisotopic (exact) mass is 303 g/mol. The van der Waals surface area contributed by atoms with Crippen LogP contribution in [-0.4, -0.2) is 74.0 Å². The van der Waals surface area contributed by atoms with Gasteiger partial charge < -0.3 is 14.7 Å². The summed E-state index contributed by atoms with van der Waals surface area (Å²) in [5.74, 6) is 0.260. The van der Waals surface area contributed by atoms with Crippen molar-refractivity contribution in [2.75, 3.05) is 47.3 Å². The van der Waals surface area contributed by atoms with Gasteiger partial charge in [-0.2, -0.15) is 0 Å². The van der Waals surface area contributed by atoms with Gasteiger partial charge in [0.2, 0.25) is 5.91 Å². The number of nitrogens with zero attached hydrogens (tertiary/aromatic N) is 3. The summed E-state index contributed by atoms with van der Waals surface area (Å²) in [7, 11) is 6.08. The second kappa shape index (κ2) is 8.30. The Bertz CT molecular complexity index is 453. The second-order valence-electron chi connectivity index (χ2n) is 6.59. The summed E-state index contributed by atoms with van der Waals surface area (Å²) in [6.07, 6.45) is 3.11. The molecule has 0 aliphatic carbocycles. The highest BCUT2D eigenvalue weighted by Crippen LogP contribution is 2.17. The van der Waals surface area contributed by atoms with Crippen LogP contribution in [0.15, 0.2) is 30.3 Å². The Hall–Kier alpha value is -1.39. The van der Waals surface area contributed by atoms with Gasteiger partial charge in [-0.3, -0.25) is 4.79 Å². The lowest BCUT2D eigenvalue weighted by atomic mass is 10.0. The zero-order valence-corrected chi connectivity index (χ0v) is 14.2. The molecule has 0 N–H and O–H groups in total. The fraction of sp³-hybridized carbons (Fsp3) is 0.611. The summed E-state index contributed by atoms with van der Waals surface area (Å²) in [6, 6.07) is 10.8. The highest BCUT2D eigenvalue weighted by molar-refractivity contribution is 5.78. The van der Waals surface area contributed by atoms with Crippen LogP contribution in [-0.2, 0) is 11.2 Å². The average molecular weight is 303 g/mol. The molecule has 0 aromatic heterocycles. The molecule has 0 radical (unpaired) electrons. The van der Waals surface area contributed by atoms with Crippen LogP contribution in [0.25, 0.3) is 0 Å². The van der Waals surface area contributed by atoms with Crippen LogP contribution < -0.4 is 0 Å². The van der Waals surface area contributed by atoms with Crippen molar-refractivity contribution in [2.45, 2.75) is 25.3 Å². The minimum absolute atomic E-state index is 0.260. The van der Waals surface area contributed by atoms with E-state index in [0.29, 0.717) is 12.6 Å². The number of benzene rings is 1. The number of hydrogen-bond acceptors (Lipinski definition) is 3. The third-order valence-electron chi connectivity index (χ3n) is 4.38. The Kier molecular flexibility index (Phi) is 6.40. The maximum absolute atomic E-state index is 12.6. The van der Waals surface area contributed by atoms with Gasteiger partial charge >= 0.3 is 0 Å². The molecule has 1 amide bonds. The van der Waals surface area contributed by atoms with E-state index in [-0.39, 0.29) is 5.91 Å². The van der Waals surface area contributed by atoms with Crippen molar-refractivity contribution < 1.29 is 4.79 Å². The Balaban J connectivity index is 1.99. The molecule has 4 heteroatoms. The van der Waals surface area contributed by atoms with Crippen LogP contribution in [0.3, 0.4) is 0 Å². The highest BCUT2D eigenvalue weighted by Gasteiger charge is 2.26. The van der Waals surface area contributed by atoms with E-state index >= 15 is 0 Å². The lowest BCUT2D eigenvalue weighted by Crippen LogP contribution is -2.49. The van der Waals surface area contributed by atoms with Crippen LogP contribution in [0.5, 0.6) is 0 Å². The number of rotatable bonds is 6. The molecule has 2 rings (SSSR count). The van der Waals surface area contributed by atoms with Crippen molar-refractivity contribution in [3.8, 4) is 0 Å². The van der Waals surface area contributed by atoms with E-state index in [1.54, 1.807) is 0 Å². The van der Waals surface area contributed by atoms with Gasteiger partial charge in [0.15, 0.2) is 0 Å². The molecule has 0 unspecified atom stereocenters. The first kappa shape index (κ1) is 17.0. The first-order valence-corrected chi connectivity index (χ1v) is 8.23. The van der Waals surface area contributed by atoms with Crippen LogP contribution in [0.4, 0.5) is 0 Å². The molecule has 4 nitrogen and oxygen atoms in total. The van der Waals surface area contributed by atoms with Crippen LogP contribution >= 0.6 is 0 Å². The van der Waals surface area contributed by atoms with Crippen LogP contribution in [0.1, 0.15) is 18.4 Å². The maximum atomic E-state index is 12.6. The molecule has 1 aliphatic rings. The Morgan fingerprint density at radius 3 is 2.41 bits per heavy atom. The van der Waals surface area contributed by atoms with Crippen molar-refractivity contribution in [2.24, 2.45) is 0 Å². The van der Waals surface area contributed by atoms with E-state index in [9.17, 15) is 4.79 Å². The molecular formula is C18H29N3O. The van der Waals surface area contributed by atoms with Gasteiger partial charge in [-0.1, -0.05) is 30.3 Å². The second-order valence-corrected chi connectivity index (χ2v) is 6.59. The molecule has 0 saturated carbocycles. The van der Waals surface area contributed by atoms with E-state index < -0.39 is 0 Å². The average Bonchev–Trinajstić information content (AvgIpc) is 2.49. The molecule has 1 saturated heterocycles. The van der Waals surface area contributed by atoms with E-state index in [0.717, 1.165) is 38.9 Å². The summed E-state index contributed by atoms with van der Waals surface area (Å²) in [6.45, 7) is 3.50. The van der Waals surface area contributed by atoms with Gasteiger partial charge in [-0.25, -0.2) is 0 Å². The quantitative estimate of drug-likeness (QED) is 0.800. The minimum atomic E-state index is 0.260. The number of likely N-dealkylation sites (tertiary alicyclic amines) is 1. The SMILES string of the molecule is CN(C)CC(=O)N(CCc1ccccc1)C1CCN(C)CC1. The van der Waals surface area contributed by atoms with E-state index in [1.165, 1.54) is 5.56 Å².